The SMILES string of the molecule is CN(C)c1ccc(C(=O)N2CCN([C@@H]3CCC[C@@H]3O)CC2)cn1. The first kappa shape index (κ1) is 16.2. The third kappa shape index (κ3) is 3.48. The number of aromatic nitrogens is 1. The van der Waals surface area contributed by atoms with E-state index in [1.54, 1.807) is 6.20 Å². The van der Waals surface area contributed by atoms with Crippen molar-refractivity contribution in [3.8, 4) is 0 Å². The van der Waals surface area contributed by atoms with Gasteiger partial charge < -0.3 is 14.9 Å². The van der Waals surface area contributed by atoms with Gasteiger partial charge in [-0.25, -0.2) is 4.98 Å². The minimum atomic E-state index is -0.194. The van der Waals surface area contributed by atoms with Crippen LogP contribution < -0.4 is 4.90 Å². The predicted octanol–water partition coefficient (Wildman–Crippen LogP) is 0.819. The molecule has 0 radical (unpaired) electrons. The number of pyridine rings is 1. The normalized spacial score (nSPS) is 25.6. The maximum Gasteiger partial charge on any atom is 0.255 e. The Kier molecular flexibility index (Phi) is 4.82. The number of aliphatic hydroxyl groups excluding tert-OH is 1. The summed E-state index contributed by atoms with van der Waals surface area (Å²) in [5.74, 6) is 0.899. The first-order chi connectivity index (χ1) is 11.1. The van der Waals surface area contributed by atoms with Crippen molar-refractivity contribution in [2.45, 2.75) is 31.4 Å². The third-order valence-corrected chi connectivity index (χ3v) is 4.97. The summed E-state index contributed by atoms with van der Waals surface area (Å²) in [6.07, 6.45) is 4.55. The number of nitrogens with zero attached hydrogens (tertiary/aromatic N) is 4. The van der Waals surface area contributed by atoms with E-state index < -0.39 is 0 Å². The minimum Gasteiger partial charge on any atom is -0.391 e. The lowest BCUT2D eigenvalue weighted by Gasteiger charge is -2.39. The molecule has 23 heavy (non-hydrogen) atoms. The number of hydrogen-bond donors (Lipinski definition) is 1. The Labute approximate surface area is 137 Å². The summed E-state index contributed by atoms with van der Waals surface area (Å²) in [4.78, 5) is 23.0. The number of anilines is 1. The van der Waals surface area contributed by atoms with Crippen molar-refractivity contribution >= 4 is 11.7 Å². The second kappa shape index (κ2) is 6.84. The molecule has 126 valence electrons. The summed E-state index contributed by atoms with van der Waals surface area (Å²) < 4.78 is 0. The van der Waals surface area contributed by atoms with Crippen LogP contribution in [-0.4, -0.2) is 78.2 Å². The second-order valence-corrected chi connectivity index (χ2v) is 6.69. The van der Waals surface area contributed by atoms with Crippen LogP contribution in [0.4, 0.5) is 5.82 Å². The highest BCUT2D eigenvalue weighted by molar-refractivity contribution is 5.94. The van der Waals surface area contributed by atoms with Crippen LogP contribution in [0.2, 0.25) is 0 Å². The maximum atomic E-state index is 12.6. The number of amides is 1. The largest absolute Gasteiger partial charge is 0.391 e. The van der Waals surface area contributed by atoms with E-state index in [0.29, 0.717) is 5.56 Å². The van der Waals surface area contributed by atoms with E-state index in [9.17, 15) is 9.90 Å². The van der Waals surface area contributed by atoms with Gasteiger partial charge in [0.15, 0.2) is 0 Å². The Bertz CT molecular complexity index is 538. The van der Waals surface area contributed by atoms with Gasteiger partial charge in [-0.15, -0.1) is 0 Å². The van der Waals surface area contributed by atoms with Crippen LogP contribution in [0.1, 0.15) is 29.6 Å². The van der Waals surface area contributed by atoms with Crippen LogP contribution in [0.5, 0.6) is 0 Å². The van der Waals surface area contributed by atoms with Crippen LogP contribution >= 0.6 is 0 Å². The molecule has 1 N–H and O–H groups in total. The molecule has 1 aromatic rings. The monoisotopic (exact) mass is 318 g/mol. The molecule has 1 saturated carbocycles. The first-order valence-corrected chi connectivity index (χ1v) is 8.41. The lowest BCUT2D eigenvalue weighted by Crippen LogP contribution is -2.53. The van der Waals surface area contributed by atoms with Crippen molar-refractivity contribution < 1.29 is 9.90 Å². The molecule has 1 aromatic heterocycles. The predicted molar refractivity (Wildman–Crippen MR) is 89.7 cm³/mol. The molecule has 2 aliphatic rings. The van der Waals surface area contributed by atoms with Gasteiger partial charge in [-0.2, -0.15) is 0 Å². The fourth-order valence-electron chi connectivity index (χ4n) is 3.56. The Morgan fingerprint density at radius 2 is 1.96 bits per heavy atom. The number of carbonyl (C=O) groups excluding carboxylic acids is 1. The molecule has 2 heterocycles. The highest BCUT2D eigenvalue weighted by atomic mass is 16.3. The summed E-state index contributed by atoms with van der Waals surface area (Å²) in [6, 6.07) is 4.00. The second-order valence-electron chi connectivity index (χ2n) is 6.69. The van der Waals surface area contributed by atoms with Crippen molar-refractivity contribution in [2.24, 2.45) is 0 Å². The lowest BCUT2D eigenvalue weighted by molar-refractivity contribution is 0.0315. The van der Waals surface area contributed by atoms with Crippen molar-refractivity contribution in [1.29, 1.82) is 0 Å². The van der Waals surface area contributed by atoms with Gasteiger partial charge in [0.1, 0.15) is 5.82 Å². The molecular weight excluding hydrogens is 292 g/mol. The molecule has 6 nitrogen and oxygen atoms in total. The molecule has 1 saturated heterocycles. The average molecular weight is 318 g/mol. The van der Waals surface area contributed by atoms with Crippen LogP contribution in [0.25, 0.3) is 0 Å². The smallest absolute Gasteiger partial charge is 0.255 e. The van der Waals surface area contributed by atoms with E-state index in [1.165, 1.54) is 0 Å². The van der Waals surface area contributed by atoms with Gasteiger partial charge in [-0.05, 0) is 31.4 Å². The maximum absolute atomic E-state index is 12.6. The van der Waals surface area contributed by atoms with Crippen molar-refractivity contribution in [1.82, 2.24) is 14.8 Å². The van der Waals surface area contributed by atoms with E-state index in [-0.39, 0.29) is 18.1 Å². The van der Waals surface area contributed by atoms with E-state index >= 15 is 0 Å². The number of carbonyl (C=O) groups is 1. The van der Waals surface area contributed by atoms with Gasteiger partial charge >= 0.3 is 0 Å². The van der Waals surface area contributed by atoms with E-state index in [1.807, 2.05) is 36.0 Å². The molecular formula is C17H26N4O2. The third-order valence-electron chi connectivity index (χ3n) is 4.97. The standard InChI is InChI=1S/C17H26N4O2/c1-19(2)16-7-6-13(12-18-16)17(23)21-10-8-20(9-11-21)14-4-3-5-15(14)22/h6-7,12,14-15,22H,3-5,8-11H2,1-2H3/t14-,15+/m1/s1. The molecule has 3 rings (SSSR count). The van der Waals surface area contributed by atoms with Gasteiger partial charge in [0.05, 0.1) is 11.7 Å². The van der Waals surface area contributed by atoms with Crippen molar-refractivity contribution in [2.75, 3.05) is 45.2 Å². The summed E-state index contributed by atoms with van der Waals surface area (Å²) in [5.41, 5.74) is 0.643. The van der Waals surface area contributed by atoms with Crippen molar-refractivity contribution in [3.63, 3.8) is 0 Å². The summed E-state index contributed by atoms with van der Waals surface area (Å²) in [6.45, 7) is 3.13. The van der Waals surface area contributed by atoms with Crippen LogP contribution in [-0.2, 0) is 0 Å². The molecule has 6 heteroatoms. The van der Waals surface area contributed by atoms with Gasteiger partial charge in [-0.3, -0.25) is 9.69 Å². The zero-order chi connectivity index (χ0) is 16.4. The van der Waals surface area contributed by atoms with Crippen LogP contribution in [0.15, 0.2) is 18.3 Å². The number of rotatable bonds is 3. The average Bonchev–Trinajstić information content (AvgIpc) is 3.00. The first-order valence-electron chi connectivity index (χ1n) is 8.41. The number of aliphatic hydroxyl groups is 1. The Morgan fingerprint density at radius 1 is 1.22 bits per heavy atom. The van der Waals surface area contributed by atoms with E-state index in [0.717, 1.165) is 51.3 Å². The van der Waals surface area contributed by atoms with Gasteiger partial charge in [0.2, 0.25) is 0 Å². The van der Waals surface area contributed by atoms with E-state index in [2.05, 4.69) is 9.88 Å². The molecule has 1 amide bonds. The minimum absolute atomic E-state index is 0.0504. The summed E-state index contributed by atoms with van der Waals surface area (Å²) >= 11 is 0. The Hall–Kier alpha value is -1.66. The highest BCUT2D eigenvalue weighted by Crippen LogP contribution is 2.25. The fourth-order valence-corrected chi connectivity index (χ4v) is 3.56. The van der Waals surface area contributed by atoms with Gasteiger partial charge in [0, 0.05) is 52.5 Å². The molecule has 2 fully saturated rings. The fraction of sp³-hybridized carbons (Fsp3) is 0.647. The van der Waals surface area contributed by atoms with Crippen LogP contribution in [0, 0.1) is 0 Å². The molecule has 1 aliphatic carbocycles. The van der Waals surface area contributed by atoms with Gasteiger partial charge in [0.25, 0.3) is 5.91 Å². The van der Waals surface area contributed by atoms with E-state index in [4.69, 9.17) is 0 Å². The lowest BCUT2D eigenvalue weighted by atomic mass is 10.1. The van der Waals surface area contributed by atoms with Crippen molar-refractivity contribution in [3.05, 3.63) is 23.9 Å². The van der Waals surface area contributed by atoms with Gasteiger partial charge in [-0.1, -0.05) is 0 Å². The summed E-state index contributed by atoms with van der Waals surface area (Å²) in [7, 11) is 3.86. The molecule has 0 aromatic carbocycles. The molecule has 0 spiro atoms. The molecule has 2 atom stereocenters. The zero-order valence-electron chi connectivity index (χ0n) is 14.0. The number of hydrogen-bond acceptors (Lipinski definition) is 5. The zero-order valence-corrected chi connectivity index (χ0v) is 14.0. The van der Waals surface area contributed by atoms with Crippen LogP contribution in [0.3, 0.4) is 0 Å². The Balaban J connectivity index is 1.57. The number of piperazine rings is 1. The quantitative estimate of drug-likeness (QED) is 0.894. The highest BCUT2D eigenvalue weighted by Gasteiger charge is 2.33. The molecule has 1 aliphatic heterocycles. The Morgan fingerprint density at radius 3 is 2.48 bits per heavy atom. The molecule has 0 bridgehead atoms. The topological polar surface area (TPSA) is 59.9 Å². The molecule has 0 unspecified atom stereocenters. The summed E-state index contributed by atoms with van der Waals surface area (Å²) in [5, 5.41) is 10.0.